The minimum absolute atomic E-state index is 0.385. The van der Waals surface area contributed by atoms with Gasteiger partial charge in [0.2, 0.25) is 0 Å². The summed E-state index contributed by atoms with van der Waals surface area (Å²) < 4.78 is 0. The lowest BCUT2D eigenvalue weighted by molar-refractivity contribution is 0.169. The first-order chi connectivity index (χ1) is 8.13. The Labute approximate surface area is 105 Å². The molecule has 0 heterocycles. The summed E-state index contributed by atoms with van der Waals surface area (Å²) >= 11 is 0. The van der Waals surface area contributed by atoms with Gasteiger partial charge in [0, 0.05) is 6.42 Å². The number of hydrogen-bond acceptors (Lipinski definition) is 1. The summed E-state index contributed by atoms with van der Waals surface area (Å²) in [5.74, 6) is 6.49. The Kier molecular flexibility index (Phi) is 5.80. The number of aliphatic hydroxyl groups excluding tert-OH is 1. The average Bonchev–Trinajstić information content (AvgIpc) is 2.29. The van der Waals surface area contributed by atoms with Crippen molar-refractivity contribution in [1.82, 2.24) is 0 Å². The van der Waals surface area contributed by atoms with Gasteiger partial charge in [-0.25, -0.2) is 0 Å². The van der Waals surface area contributed by atoms with E-state index in [1.165, 1.54) is 5.56 Å². The van der Waals surface area contributed by atoms with E-state index in [-0.39, 0.29) is 6.10 Å². The molecule has 0 saturated heterocycles. The molecule has 0 saturated carbocycles. The Balaban J connectivity index is 2.56. The SMILES string of the molecule is CC#CCCC(O)c1ccc(CC(C)C)cc1. The summed E-state index contributed by atoms with van der Waals surface area (Å²) in [4.78, 5) is 0. The molecule has 1 N–H and O–H groups in total. The maximum atomic E-state index is 9.95. The second-order valence-electron chi connectivity index (χ2n) is 4.82. The molecule has 0 aliphatic rings. The second-order valence-corrected chi connectivity index (χ2v) is 4.82. The van der Waals surface area contributed by atoms with Crippen molar-refractivity contribution in [3.63, 3.8) is 0 Å². The number of rotatable bonds is 5. The fourth-order valence-corrected chi connectivity index (χ4v) is 1.85. The van der Waals surface area contributed by atoms with Crippen LogP contribution in [0.2, 0.25) is 0 Å². The fraction of sp³-hybridized carbons (Fsp3) is 0.500. The van der Waals surface area contributed by atoms with E-state index in [2.05, 4.69) is 37.8 Å². The van der Waals surface area contributed by atoms with E-state index >= 15 is 0 Å². The van der Waals surface area contributed by atoms with E-state index in [0.29, 0.717) is 12.3 Å². The molecule has 0 fully saturated rings. The normalized spacial score (nSPS) is 12.1. The fourth-order valence-electron chi connectivity index (χ4n) is 1.85. The van der Waals surface area contributed by atoms with Gasteiger partial charge in [-0.15, -0.1) is 11.8 Å². The highest BCUT2D eigenvalue weighted by molar-refractivity contribution is 5.24. The first kappa shape index (κ1) is 13.8. The van der Waals surface area contributed by atoms with E-state index < -0.39 is 0 Å². The zero-order valence-electron chi connectivity index (χ0n) is 11.0. The van der Waals surface area contributed by atoms with Crippen LogP contribution in [0, 0.1) is 17.8 Å². The van der Waals surface area contributed by atoms with Gasteiger partial charge in [0.1, 0.15) is 0 Å². The van der Waals surface area contributed by atoms with Crippen LogP contribution in [0.5, 0.6) is 0 Å². The lowest BCUT2D eigenvalue weighted by Gasteiger charge is -2.11. The van der Waals surface area contributed by atoms with Crippen molar-refractivity contribution < 1.29 is 5.11 Å². The highest BCUT2D eigenvalue weighted by Crippen LogP contribution is 2.19. The second kappa shape index (κ2) is 7.14. The van der Waals surface area contributed by atoms with Gasteiger partial charge in [-0.1, -0.05) is 38.1 Å². The maximum absolute atomic E-state index is 9.95. The molecule has 1 heteroatoms. The number of aliphatic hydroxyl groups is 1. The molecule has 0 aliphatic carbocycles. The maximum Gasteiger partial charge on any atom is 0.0799 e. The molecule has 1 unspecified atom stereocenters. The lowest BCUT2D eigenvalue weighted by atomic mass is 9.99. The molecule has 17 heavy (non-hydrogen) atoms. The minimum atomic E-state index is -0.385. The Morgan fingerprint density at radius 3 is 2.35 bits per heavy atom. The quantitative estimate of drug-likeness (QED) is 0.764. The Hall–Kier alpha value is -1.26. The first-order valence-corrected chi connectivity index (χ1v) is 6.30. The van der Waals surface area contributed by atoms with Crippen molar-refractivity contribution in [1.29, 1.82) is 0 Å². The standard InChI is InChI=1S/C16H22O/c1-4-5-6-7-16(17)15-10-8-14(9-11-15)12-13(2)3/h8-11,13,16-17H,6-7,12H2,1-3H3. The molecule has 0 bridgehead atoms. The summed E-state index contributed by atoms with van der Waals surface area (Å²) in [6.07, 6.45) is 2.18. The number of hydrogen-bond donors (Lipinski definition) is 1. The van der Waals surface area contributed by atoms with Gasteiger partial charge >= 0.3 is 0 Å². The van der Waals surface area contributed by atoms with Crippen LogP contribution in [0.25, 0.3) is 0 Å². The van der Waals surface area contributed by atoms with Crippen molar-refractivity contribution >= 4 is 0 Å². The van der Waals surface area contributed by atoms with Gasteiger partial charge in [-0.3, -0.25) is 0 Å². The molecular formula is C16H22O. The molecule has 0 amide bonds. The minimum Gasteiger partial charge on any atom is -0.388 e. The largest absolute Gasteiger partial charge is 0.388 e. The Morgan fingerprint density at radius 2 is 1.82 bits per heavy atom. The highest BCUT2D eigenvalue weighted by atomic mass is 16.3. The van der Waals surface area contributed by atoms with Gasteiger partial charge in [0.05, 0.1) is 6.10 Å². The lowest BCUT2D eigenvalue weighted by Crippen LogP contribution is -1.98. The molecule has 0 radical (unpaired) electrons. The molecule has 1 nitrogen and oxygen atoms in total. The molecule has 0 spiro atoms. The third kappa shape index (κ3) is 5.06. The summed E-state index contributed by atoms with van der Waals surface area (Å²) in [5.41, 5.74) is 2.33. The van der Waals surface area contributed by atoms with Crippen LogP contribution >= 0.6 is 0 Å². The monoisotopic (exact) mass is 230 g/mol. The molecule has 92 valence electrons. The smallest absolute Gasteiger partial charge is 0.0799 e. The summed E-state index contributed by atoms with van der Waals surface area (Å²) in [6, 6.07) is 8.29. The van der Waals surface area contributed by atoms with Crippen LogP contribution in [-0.4, -0.2) is 5.11 Å². The van der Waals surface area contributed by atoms with E-state index in [0.717, 1.165) is 18.4 Å². The van der Waals surface area contributed by atoms with Crippen LogP contribution in [0.15, 0.2) is 24.3 Å². The zero-order chi connectivity index (χ0) is 12.7. The summed E-state index contributed by atoms with van der Waals surface area (Å²) in [7, 11) is 0. The molecule has 0 aliphatic heterocycles. The first-order valence-electron chi connectivity index (χ1n) is 6.30. The predicted molar refractivity (Wildman–Crippen MR) is 72.6 cm³/mol. The van der Waals surface area contributed by atoms with E-state index in [1.807, 2.05) is 19.1 Å². The van der Waals surface area contributed by atoms with Gasteiger partial charge in [-0.2, -0.15) is 0 Å². The van der Waals surface area contributed by atoms with Crippen LogP contribution in [-0.2, 0) is 6.42 Å². The molecule has 1 rings (SSSR count). The average molecular weight is 230 g/mol. The van der Waals surface area contributed by atoms with Crippen molar-refractivity contribution in [2.24, 2.45) is 5.92 Å². The Bertz CT molecular complexity index is 378. The van der Waals surface area contributed by atoms with Gasteiger partial charge < -0.3 is 5.11 Å². The molecule has 1 atom stereocenters. The van der Waals surface area contributed by atoms with Crippen molar-refractivity contribution in [2.75, 3.05) is 0 Å². The Morgan fingerprint density at radius 1 is 1.18 bits per heavy atom. The zero-order valence-corrected chi connectivity index (χ0v) is 11.0. The molecule has 0 aromatic heterocycles. The topological polar surface area (TPSA) is 20.2 Å². The van der Waals surface area contributed by atoms with Crippen LogP contribution in [0.3, 0.4) is 0 Å². The van der Waals surface area contributed by atoms with Crippen molar-refractivity contribution in [3.8, 4) is 11.8 Å². The molecule has 1 aromatic rings. The van der Waals surface area contributed by atoms with Crippen LogP contribution in [0.4, 0.5) is 0 Å². The van der Waals surface area contributed by atoms with Crippen molar-refractivity contribution in [2.45, 2.75) is 46.1 Å². The predicted octanol–water partition coefficient (Wildman–Crippen LogP) is 3.72. The van der Waals surface area contributed by atoms with E-state index in [9.17, 15) is 5.11 Å². The van der Waals surface area contributed by atoms with Crippen molar-refractivity contribution in [3.05, 3.63) is 35.4 Å². The number of benzene rings is 1. The molecular weight excluding hydrogens is 208 g/mol. The van der Waals surface area contributed by atoms with E-state index in [4.69, 9.17) is 0 Å². The van der Waals surface area contributed by atoms with Gasteiger partial charge in [-0.05, 0) is 36.8 Å². The third-order valence-corrected chi connectivity index (χ3v) is 2.73. The van der Waals surface area contributed by atoms with Crippen LogP contribution in [0.1, 0.15) is 50.8 Å². The van der Waals surface area contributed by atoms with Gasteiger partial charge in [0.15, 0.2) is 0 Å². The molecule has 1 aromatic carbocycles. The van der Waals surface area contributed by atoms with Crippen LogP contribution < -0.4 is 0 Å². The summed E-state index contributed by atoms with van der Waals surface area (Å²) in [6.45, 7) is 6.26. The van der Waals surface area contributed by atoms with E-state index in [1.54, 1.807) is 0 Å². The third-order valence-electron chi connectivity index (χ3n) is 2.73. The highest BCUT2D eigenvalue weighted by Gasteiger charge is 2.06. The summed E-state index contributed by atoms with van der Waals surface area (Å²) in [5, 5.41) is 9.95. The van der Waals surface area contributed by atoms with Gasteiger partial charge in [0.25, 0.3) is 0 Å².